The minimum Gasteiger partial charge on any atom is -0.484 e. The number of H-pyrrole nitrogens is 1. The molecule has 6 heteroatoms. The van der Waals surface area contributed by atoms with Crippen LogP contribution in [0.5, 0.6) is 5.75 Å². The Kier molecular flexibility index (Phi) is 4.72. The number of amides is 1. The Morgan fingerprint density at radius 2 is 1.96 bits per heavy atom. The van der Waals surface area contributed by atoms with Crippen molar-refractivity contribution in [1.82, 2.24) is 9.97 Å². The van der Waals surface area contributed by atoms with Crippen molar-refractivity contribution in [2.75, 3.05) is 6.61 Å². The number of aromatic nitrogens is 2. The second-order valence-electron chi connectivity index (χ2n) is 6.03. The first-order valence-corrected chi connectivity index (χ1v) is 8.06. The molecule has 0 radical (unpaired) electrons. The van der Waals surface area contributed by atoms with Crippen LogP contribution in [-0.4, -0.2) is 22.5 Å². The highest BCUT2D eigenvalue weighted by molar-refractivity contribution is 5.90. The molecule has 130 valence electrons. The van der Waals surface area contributed by atoms with Gasteiger partial charge in [-0.3, -0.25) is 4.79 Å². The highest BCUT2D eigenvalue weighted by Crippen LogP contribution is 2.22. The summed E-state index contributed by atoms with van der Waals surface area (Å²) >= 11 is 0. The van der Waals surface area contributed by atoms with Crippen LogP contribution >= 0.6 is 0 Å². The van der Waals surface area contributed by atoms with Crippen molar-refractivity contribution >= 4 is 28.6 Å². The third-order valence-corrected chi connectivity index (χ3v) is 4.05. The standard InChI is InChI=1S/C20H18N4O2/c1-12-7-17-18(8-13(12)2)24-20(23-17)15(10-21)9-14-3-5-16(6-4-14)26-11-19(22)25/h3-9H,11H2,1-2H3,(H2,22,25)(H,23,24)/b15-9+. The van der Waals surface area contributed by atoms with E-state index in [0.717, 1.165) is 22.2 Å². The number of nitrogens with two attached hydrogens (primary N) is 1. The molecule has 3 rings (SSSR count). The lowest BCUT2D eigenvalue weighted by Crippen LogP contribution is -2.19. The Bertz CT molecular complexity index is 1000. The van der Waals surface area contributed by atoms with Gasteiger partial charge in [0.05, 0.1) is 16.6 Å². The van der Waals surface area contributed by atoms with Gasteiger partial charge < -0.3 is 15.5 Å². The maximum absolute atomic E-state index is 10.7. The van der Waals surface area contributed by atoms with Gasteiger partial charge in [-0.1, -0.05) is 12.1 Å². The second-order valence-corrected chi connectivity index (χ2v) is 6.03. The molecule has 0 unspecified atom stereocenters. The van der Waals surface area contributed by atoms with Crippen molar-refractivity contribution in [2.24, 2.45) is 5.73 Å². The molecule has 0 aliphatic rings. The minimum atomic E-state index is -0.531. The number of carbonyl (C=O) groups excluding carboxylic acids is 1. The number of nitrogens with one attached hydrogen (secondary N) is 1. The lowest BCUT2D eigenvalue weighted by atomic mass is 10.1. The van der Waals surface area contributed by atoms with Crippen LogP contribution in [0.2, 0.25) is 0 Å². The van der Waals surface area contributed by atoms with E-state index in [0.29, 0.717) is 17.1 Å². The molecule has 26 heavy (non-hydrogen) atoms. The molecular formula is C20H18N4O2. The highest BCUT2D eigenvalue weighted by Gasteiger charge is 2.09. The van der Waals surface area contributed by atoms with Crippen LogP contribution in [0.3, 0.4) is 0 Å². The zero-order valence-corrected chi connectivity index (χ0v) is 14.5. The van der Waals surface area contributed by atoms with E-state index < -0.39 is 5.91 Å². The summed E-state index contributed by atoms with van der Waals surface area (Å²) in [5.74, 6) is 0.534. The molecule has 1 aromatic heterocycles. The minimum absolute atomic E-state index is 0.170. The largest absolute Gasteiger partial charge is 0.484 e. The van der Waals surface area contributed by atoms with E-state index >= 15 is 0 Å². The Morgan fingerprint density at radius 3 is 2.62 bits per heavy atom. The average molecular weight is 346 g/mol. The Hall–Kier alpha value is -3.59. The van der Waals surface area contributed by atoms with Gasteiger partial charge in [-0.15, -0.1) is 0 Å². The molecule has 0 spiro atoms. The Morgan fingerprint density at radius 1 is 1.27 bits per heavy atom. The van der Waals surface area contributed by atoms with E-state index in [-0.39, 0.29) is 6.61 Å². The summed E-state index contributed by atoms with van der Waals surface area (Å²) in [6.45, 7) is 3.90. The van der Waals surface area contributed by atoms with Gasteiger partial charge in [0.25, 0.3) is 5.91 Å². The smallest absolute Gasteiger partial charge is 0.255 e. The summed E-state index contributed by atoms with van der Waals surface area (Å²) < 4.78 is 5.22. The van der Waals surface area contributed by atoms with Gasteiger partial charge in [0.1, 0.15) is 17.6 Å². The van der Waals surface area contributed by atoms with Crippen LogP contribution in [0.15, 0.2) is 36.4 Å². The zero-order valence-electron chi connectivity index (χ0n) is 14.5. The van der Waals surface area contributed by atoms with E-state index in [1.54, 1.807) is 30.3 Å². The molecule has 1 amide bonds. The number of ether oxygens (including phenoxy) is 1. The molecule has 6 nitrogen and oxygen atoms in total. The summed E-state index contributed by atoms with van der Waals surface area (Å²) in [4.78, 5) is 18.5. The number of hydrogen-bond acceptors (Lipinski definition) is 4. The van der Waals surface area contributed by atoms with Gasteiger partial charge >= 0.3 is 0 Å². The summed E-state index contributed by atoms with van der Waals surface area (Å²) in [5.41, 5.74) is 10.4. The predicted octanol–water partition coefficient (Wildman–Crippen LogP) is 3.11. The van der Waals surface area contributed by atoms with E-state index in [4.69, 9.17) is 10.5 Å². The van der Waals surface area contributed by atoms with Crippen LogP contribution in [-0.2, 0) is 4.79 Å². The van der Waals surface area contributed by atoms with Crippen molar-refractivity contribution < 1.29 is 9.53 Å². The molecule has 2 aromatic carbocycles. The molecule has 0 saturated heterocycles. The summed E-state index contributed by atoms with van der Waals surface area (Å²) in [5, 5.41) is 9.52. The van der Waals surface area contributed by atoms with Gasteiger partial charge in [0.15, 0.2) is 6.61 Å². The summed E-state index contributed by atoms with van der Waals surface area (Å²) in [6, 6.07) is 13.2. The van der Waals surface area contributed by atoms with Gasteiger partial charge in [-0.2, -0.15) is 5.26 Å². The van der Waals surface area contributed by atoms with Gasteiger partial charge in [0, 0.05) is 0 Å². The number of benzene rings is 2. The first kappa shape index (κ1) is 17.2. The first-order chi connectivity index (χ1) is 12.5. The van der Waals surface area contributed by atoms with Crippen LogP contribution in [0.25, 0.3) is 22.7 Å². The van der Waals surface area contributed by atoms with E-state index in [2.05, 4.69) is 16.0 Å². The van der Waals surface area contributed by atoms with Crippen molar-refractivity contribution in [1.29, 1.82) is 5.26 Å². The van der Waals surface area contributed by atoms with Crippen molar-refractivity contribution in [3.05, 3.63) is 58.9 Å². The number of aromatic amines is 1. The molecule has 3 N–H and O–H groups in total. The first-order valence-electron chi connectivity index (χ1n) is 8.06. The number of hydrogen-bond donors (Lipinski definition) is 2. The lowest BCUT2D eigenvalue weighted by molar-refractivity contribution is -0.119. The van der Waals surface area contributed by atoms with Crippen LogP contribution in [0.4, 0.5) is 0 Å². The van der Waals surface area contributed by atoms with Gasteiger partial charge in [-0.25, -0.2) is 4.98 Å². The van der Waals surface area contributed by atoms with E-state index in [1.165, 1.54) is 5.56 Å². The Balaban J connectivity index is 1.88. The van der Waals surface area contributed by atoms with Crippen LogP contribution < -0.4 is 10.5 Å². The molecule has 0 aliphatic heterocycles. The SMILES string of the molecule is Cc1cc2nc(/C(C#N)=C/c3ccc(OCC(N)=O)cc3)[nH]c2cc1C. The van der Waals surface area contributed by atoms with Gasteiger partial charge in [-0.05, 0) is 60.9 Å². The maximum Gasteiger partial charge on any atom is 0.255 e. The van der Waals surface area contributed by atoms with E-state index in [1.807, 2.05) is 26.0 Å². The Labute approximate surface area is 150 Å². The second kappa shape index (κ2) is 7.11. The fourth-order valence-electron chi connectivity index (χ4n) is 2.53. The number of carbonyl (C=O) groups is 1. The molecule has 0 fully saturated rings. The number of fused-ring (bicyclic) bond motifs is 1. The average Bonchev–Trinajstić information content (AvgIpc) is 3.01. The number of rotatable bonds is 5. The maximum atomic E-state index is 10.7. The number of nitriles is 1. The molecule has 0 bridgehead atoms. The van der Waals surface area contributed by atoms with Crippen LogP contribution in [0.1, 0.15) is 22.5 Å². The number of allylic oxidation sites excluding steroid dienone is 1. The zero-order chi connectivity index (χ0) is 18.7. The van der Waals surface area contributed by atoms with Crippen molar-refractivity contribution in [3.63, 3.8) is 0 Å². The lowest BCUT2D eigenvalue weighted by Gasteiger charge is -2.03. The highest BCUT2D eigenvalue weighted by atomic mass is 16.5. The normalized spacial score (nSPS) is 11.3. The summed E-state index contributed by atoms with van der Waals surface area (Å²) in [6.07, 6.45) is 1.75. The number of nitrogens with zero attached hydrogens (tertiary/aromatic N) is 2. The fourth-order valence-corrected chi connectivity index (χ4v) is 2.53. The van der Waals surface area contributed by atoms with E-state index in [9.17, 15) is 10.1 Å². The number of aryl methyl sites for hydroxylation is 2. The van der Waals surface area contributed by atoms with Crippen LogP contribution in [0, 0.1) is 25.2 Å². The fraction of sp³-hybridized carbons (Fsp3) is 0.150. The van der Waals surface area contributed by atoms with Crippen molar-refractivity contribution in [3.8, 4) is 11.8 Å². The molecule has 0 atom stereocenters. The summed E-state index contributed by atoms with van der Waals surface area (Å²) in [7, 11) is 0. The third-order valence-electron chi connectivity index (χ3n) is 4.05. The topological polar surface area (TPSA) is 105 Å². The molecular weight excluding hydrogens is 328 g/mol. The molecule has 0 saturated carbocycles. The van der Waals surface area contributed by atoms with Crippen molar-refractivity contribution in [2.45, 2.75) is 13.8 Å². The van der Waals surface area contributed by atoms with Gasteiger partial charge in [0.2, 0.25) is 0 Å². The quantitative estimate of drug-likeness (QED) is 0.692. The molecule has 3 aromatic rings. The third kappa shape index (κ3) is 3.73. The predicted molar refractivity (Wildman–Crippen MR) is 100 cm³/mol. The number of imidazole rings is 1. The number of primary amides is 1. The monoisotopic (exact) mass is 346 g/mol. The molecule has 1 heterocycles. The molecule has 0 aliphatic carbocycles.